The van der Waals surface area contributed by atoms with Crippen LogP contribution in [-0.2, 0) is 0 Å². The molecule has 3 N–H and O–H groups in total. The lowest BCUT2D eigenvalue weighted by molar-refractivity contribution is 0.294. The SMILES string of the molecule is Cc1c(N)ncnc1NCC(C)CN1CCCC1. The Kier molecular flexibility index (Phi) is 4.36. The molecule has 1 aliphatic rings. The van der Waals surface area contributed by atoms with E-state index in [1.807, 2.05) is 6.92 Å². The van der Waals surface area contributed by atoms with Gasteiger partial charge in [-0.15, -0.1) is 0 Å². The molecule has 0 bridgehead atoms. The molecular weight excluding hydrogens is 226 g/mol. The van der Waals surface area contributed by atoms with Gasteiger partial charge in [-0.3, -0.25) is 0 Å². The predicted molar refractivity (Wildman–Crippen MR) is 74.5 cm³/mol. The molecule has 1 unspecified atom stereocenters. The number of hydrogen-bond donors (Lipinski definition) is 2. The molecule has 0 aromatic carbocycles. The summed E-state index contributed by atoms with van der Waals surface area (Å²) in [6.07, 6.45) is 4.21. The van der Waals surface area contributed by atoms with Gasteiger partial charge in [-0.2, -0.15) is 0 Å². The number of rotatable bonds is 5. The molecule has 1 aromatic heterocycles. The standard InChI is InChI=1S/C13H23N5/c1-10(8-18-5-3-4-6-18)7-15-13-11(2)12(14)16-9-17-13/h9-10H,3-8H2,1-2H3,(H3,14,15,16,17). The Morgan fingerprint density at radius 2 is 2.11 bits per heavy atom. The van der Waals surface area contributed by atoms with Crippen LogP contribution in [0.15, 0.2) is 6.33 Å². The molecule has 1 atom stereocenters. The highest BCUT2D eigenvalue weighted by Crippen LogP contribution is 2.16. The van der Waals surface area contributed by atoms with E-state index in [2.05, 4.69) is 27.1 Å². The Labute approximate surface area is 109 Å². The van der Waals surface area contributed by atoms with Gasteiger partial charge in [-0.05, 0) is 38.8 Å². The van der Waals surface area contributed by atoms with E-state index in [1.54, 1.807) is 0 Å². The summed E-state index contributed by atoms with van der Waals surface area (Å²) in [7, 11) is 0. The van der Waals surface area contributed by atoms with Crippen LogP contribution >= 0.6 is 0 Å². The smallest absolute Gasteiger partial charge is 0.134 e. The fourth-order valence-electron chi connectivity index (χ4n) is 2.38. The van der Waals surface area contributed by atoms with Gasteiger partial charge in [0.2, 0.25) is 0 Å². The molecule has 2 heterocycles. The van der Waals surface area contributed by atoms with Crippen molar-refractivity contribution in [3.8, 4) is 0 Å². The van der Waals surface area contributed by atoms with E-state index in [4.69, 9.17) is 5.73 Å². The number of anilines is 2. The van der Waals surface area contributed by atoms with E-state index in [9.17, 15) is 0 Å². The van der Waals surface area contributed by atoms with Crippen molar-refractivity contribution in [3.63, 3.8) is 0 Å². The van der Waals surface area contributed by atoms with Gasteiger partial charge in [-0.1, -0.05) is 6.92 Å². The minimum atomic E-state index is 0.555. The molecule has 0 saturated carbocycles. The van der Waals surface area contributed by atoms with Crippen molar-refractivity contribution in [2.75, 3.05) is 37.2 Å². The van der Waals surface area contributed by atoms with Crippen LogP contribution in [-0.4, -0.2) is 41.0 Å². The Hall–Kier alpha value is -1.36. The third-order valence-electron chi connectivity index (χ3n) is 3.51. The molecule has 1 saturated heterocycles. The molecule has 18 heavy (non-hydrogen) atoms. The fraction of sp³-hybridized carbons (Fsp3) is 0.692. The molecule has 0 aliphatic carbocycles. The third kappa shape index (κ3) is 3.32. The first-order chi connectivity index (χ1) is 8.66. The highest BCUT2D eigenvalue weighted by molar-refractivity contribution is 5.53. The number of nitrogen functional groups attached to an aromatic ring is 1. The summed E-state index contributed by atoms with van der Waals surface area (Å²) >= 11 is 0. The summed E-state index contributed by atoms with van der Waals surface area (Å²) in [4.78, 5) is 10.7. The Morgan fingerprint density at radius 3 is 2.83 bits per heavy atom. The molecule has 1 aromatic rings. The molecule has 0 amide bonds. The van der Waals surface area contributed by atoms with E-state index >= 15 is 0 Å². The number of hydrogen-bond acceptors (Lipinski definition) is 5. The van der Waals surface area contributed by atoms with Crippen LogP contribution in [0.1, 0.15) is 25.3 Å². The summed E-state index contributed by atoms with van der Waals surface area (Å²) in [6, 6.07) is 0. The number of likely N-dealkylation sites (tertiary alicyclic amines) is 1. The quantitative estimate of drug-likeness (QED) is 0.828. The van der Waals surface area contributed by atoms with Crippen molar-refractivity contribution in [3.05, 3.63) is 11.9 Å². The minimum Gasteiger partial charge on any atom is -0.383 e. The van der Waals surface area contributed by atoms with Gasteiger partial charge < -0.3 is 16.0 Å². The summed E-state index contributed by atoms with van der Waals surface area (Å²) < 4.78 is 0. The van der Waals surface area contributed by atoms with Crippen molar-refractivity contribution in [2.24, 2.45) is 5.92 Å². The van der Waals surface area contributed by atoms with Crippen molar-refractivity contribution in [1.82, 2.24) is 14.9 Å². The van der Waals surface area contributed by atoms with Crippen LogP contribution < -0.4 is 11.1 Å². The van der Waals surface area contributed by atoms with Crippen LogP contribution in [0.2, 0.25) is 0 Å². The first-order valence-electron chi connectivity index (χ1n) is 6.70. The largest absolute Gasteiger partial charge is 0.383 e. The highest BCUT2D eigenvalue weighted by atomic mass is 15.1. The first-order valence-corrected chi connectivity index (χ1v) is 6.70. The zero-order valence-electron chi connectivity index (χ0n) is 11.3. The molecule has 5 heteroatoms. The summed E-state index contributed by atoms with van der Waals surface area (Å²) in [5.41, 5.74) is 6.70. The van der Waals surface area contributed by atoms with Crippen LogP contribution in [0.3, 0.4) is 0 Å². The molecular formula is C13H23N5. The lowest BCUT2D eigenvalue weighted by atomic mass is 10.1. The van der Waals surface area contributed by atoms with E-state index < -0.39 is 0 Å². The monoisotopic (exact) mass is 249 g/mol. The normalized spacial score (nSPS) is 17.9. The third-order valence-corrected chi connectivity index (χ3v) is 3.51. The van der Waals surface area contributed by atoms with Gasteiger partial charge in [-0.25, -0.2) is 9.97 Å². The number of nitrogens with zero attached hydrogens (tertiary/aromatic N) is 3. The number of nitrogens with one attached hydrogen (secondary N) is 1. The van der Waals surface area contributed by atoms with Gasteiger partial charge in [0, 0.05) is 18.7 Å². The first kappa shape index (κ1) is 13.1. The fourth-order valence-corrected chi connectivity index (χ4v) is 2.38. The van der Waals surface area contributed by atoms with Crippen LogP contribution in [0.25, 0.3) is 0 Å². The minimum absolute atomic E-state index is 0.555. The maximum Gasteiger partial charge on any atom is 0.134 e. The van der Waals surface area contributed by atoms with Gasteiger partial charge in [0.05, 0.1) is 0 Å². The van der Waals surface area contributed by atoms with E-state index in [-0.39, 0.29) is 0 Å². The second kappa shape index (κ2) is 6.00. The summed E-state index contributed by atoms with van der Waals surface area (Å²) in [5.74, 6) is 2.02. The molecule has 1 aliphatic heterocycles. The number of aromatic nitrogens is 2. The van der Waals surface area contributed by atoms with E-state index in [0.29, 0.717) is 11.7 Å². The predicted octanol–water partition coefficient (Wildman–Crippen LogP) is 1.51. The Morgan fingerprint density at radius 1 is 1.39 bits per heavy atom. The summed E-state index contributed by atoms with van der Waals surface area (Å²) in [5, 5.41) is 3.37. The van der Waals surface area contributed by atoms with Gasteiger partial charge in [0.15, 0.2) is 0 Å². The molecule has 100 valence electrons. The van der Waals surface area contributed by atoms with Crippen LogP contribution in [0.5, 0.6) is 0 Å². The maximum atomic E-state index is 5.76. The average Bonchev–Trinajstić information content (AvgIpc) is 2.84. The highest BCUT2D eigenvalue weighted by Gasteiger charge is 2.14. The molecule has 1 fully saturated rings. The molecule has 0 spiro atoms. The second-order valence-electron chi connectivity index (χ2n) is 5.23. The van der Waals surface area contributed by atoms with Gasteiger partial charge in [0.1, 0.15) is 18.0 Å². The maximum absolute atomic E-state index is 5.76. The van der Waals surface area contributed by atoms with Crippen LogP contribution in [0, 0.1) is 12.8 Å². The van der Waals surface area contributed by atoms with E-state index in [1.165, 1.54) is 32.3 Å². The van der Waals surface area contributed by atoms with Crippen LogP contribution in [0.4, 0.5) is 11.6 Å². The Bertz CT molecular complexity index is 387. The topological polar surface area (TPSA) is 67.1 Å². The Balaban J connectivity index is 1.81. The molecule has 2 rings (SSSR count). The van der Waals surface area contributed by atoms with Gasteiger partial charge in [0.25, 0.3) is 0 Å². The lowest BCUT2D eigenvalue weighted by Gasteiger charge is -2.21. The van der Waals surface area contributed by atoms with E-state index in [0.717, 1.165) is 24.5 Å². The second-order valence-corrected chi connectivity index (χ2v) is 5.23. The zero-order valence-corrected chi connectivity index (χ0v) is 11.3. The van der Waals surface area contributed by atoms with Gasteiger partial charge >= 0.3 is 0 Å². The van der Waals surface area contributed by atoms with Crippen molar-refractivity contribution in [1.29, 1.82) is 0 Å². The lowest BCUT2D eigenvalue weighted by Crippen LogP contribution is -2.29. The molecule has 0 radical (unpaired) electrons. The van der Waals surface area contributed by atoms with Crippen molar-refractivity contribution < 1.29 is 0 Å². The van der Waals surface area contributed by atoms with Crippen molar-refractivity contribution >= 4 is 11.6 Å². The number of nitrogens with two attached hydrogens (primary N) is 1. The average molecular weight is 249 g/mol. The zero-order chi connectivity index (χ0) is 13.0. The summed E-state index contributed by atoms with van der Waals surface area (Å²) in [6.45, 7) is 8.81. The van der Waals surface area contributed by atoms with Crippen molar-refractivity contribution in [2.45, 2.75) is 26.7 Å². The molecule has 5 nitrogen and oxygen atoms in total.